The van der Waals surface area contributed by atoms with Gasteiger partial charge in [0.1, 0.15) is 5.54 Å². The summed E-state index contributed by atoms with van der Waals surface area (Å²) in [5.74, 6) is -0.642. The van der Waals surface area contributed by atoms with Crippen LogP contribution >= 0.6 is 0 Å². The van der Waals surface area contributed by atoms with Crippen LogP contribution in [0.3, 0.4) is 0 Å². The third-order valence-corrected chi connectivity index (χ3v) is 2.60. The summed E-state index contributed by atoms with van der Waals surface area (Å²) in [5.41, 5.74) is -0.910. The standard InChI is InChI=1S/C11H19N3O4/c1-7(15)6-12-8(16)4-5-14-9(17)11(2,3)13-10(14)18/h7,15H,4-6H2,1-3H3,(H,12,16)(H,13,18)/t7-/m1/s1. The Kier molecular flexibility index (Phi) is 4.28. The number of carbonyl (C=O) groups is 3. The Morgan fingerprint density at radius 3 is 2.56 bits per heavy atom. The predicted octanol–water partition coefficient (Wildman–Crippen LogP) is -0.796. The number of nitrogens with one attached hydrogen (secondary N) is 2. The normalized spacial score (nSPS) is 19.7. The molecule has 0 spiro atoms. The summed E-state index contributed by atoms with van der Waals surface area (Å²) < 4.78 is 0. The Bertz CT molecular complexity index is 365. The summed E-state index contributed by atoms with van der Waals surface area (Å²) in [7, 11) is 0. The van der Waals surface area contributed by atoms with Crippen LogP contribution in [-0.2, 0) is 9.59 Å². The van der Waals surface area contributed by atoms with Gasteiger partial charge in [-0.05, 0) is 20.8 Å². The quantitative estimate of drug-likeness (QED) is 0.562. The van der Waals surface area contributed by atoms with Crippen molar-refractivity contribution in [3.8, 4) is 0 Å². The molecule has 0 saturated carbocycles. The van der Waals surface area contributed by atoms with Crippen LogP contribution in [0.15, 0.2) is 0 Å². The van der Waals surface area contributed by atoms with Gasteiger partial charge in [-0.15, -0.1) is 0 Å². The molecule has 0 aromatic carbocycles. The molecule has 0 aliphatic carbocycles. The molecule has 1 atom stereocenters. The van der Waals surface area contributed by atoms with E-state index in [9.17, 15) is 14.4 Å². The van der Waals surface area contributed by atoms with Crippen molar-refractivity contribution in [3.63, 3.8) is 0 Å². The van der Waals surface area contributed by atoms with Gasteiger partial charge in [0.05, 0.1) is 6.10 Å². The Morgan fingerprint density at radius 2 is 2.11 bits per heavy atom. The van der Waals surface area contributed by atoms with E-state index in [1.54, 1.807) is 20.8 Å². The maximum Gasteiger partial charge on any atom is 0.325 e. The van der Waals surface area contributed by atoms with Crippen LogP contribution in [0.1, 0.15) is 27.2 Å². The van der Waals surface area contributed by atoms with Crippen molar-refractivity contribution in [3.05, 3.63) is 0 Å². The largest absolute Gasteiger partial charge is 0.392 e. The van der Waals surface area contributed by atoms with Crippen molar-refractivity contribution in [2.75, 3.05) is 13.1 Å². The Morgan fingerprint density at radius 1 is 1.50 bits per heavy atom. The molecule has 0 aromatic heterocycles. The molecule has 7 nitrogen and oxygen atoms in total. The van der Waals surface area contributed by atoms with Gasteiger partial charge >= 0.3 is 6.03 Å². The van der Waals surface area contributed by atoms with Crippen molar-refractivity contribution < 1.29 is 19.5 Å². The maximum absolute atomic E-state index is 11.8. The van der Waals surface area contributed by atoms with Crippen molar-refractivity contribution >= 4 is 17.8 Å². The Balaban J connectivity index is 2.42. The van der Waals surface area contributed by atoms with Gasteiger partial charge in [0.25, 0.3) is 5.91 Å². The lowest BCUT2D eigenvalue weighted by atomic mass is 10.1. The first-order chi connectivity index (χ1) is 8.24. The molecule has 0 unspecified atom stereocenters. The van der Waals surface area contributed by atoms with E-state index in [4.69, 9.17) is 5.11 Å². The van der Waals surface area contributed by atoms with Crippen LogP contribution < -0.4 is 10.6 Å². The third kappa shape index (κ3) is 3.43. The van der Waals surface area contributed by atoms with Crippen LogP contribution in [0.2, 0.25) is 0 Å². The molecule has 7 heteroatoms. The molecule has 1 heterocycles. The third-order valence-electron chi connectivity index (χ3n) is 2.60. The lowest BCUT2D eigenvalue weighted by Gasteiger charge is -2.15. The first-order valence-electron chi connectivity index (χ1n) is 5.83. The van der Waals surface area contributed by atoms with Gasteiger partial charge in [0, 0.05) is 19.5 Å². The fraction of sp³-hybridized carbons (Fsp3) is 0.727. The number of rotatable bonds is 5. The van der Waals surface area contributed by atoms with Gasteiger partial charge in [-0.1, -0.05) is 0 Å². The number of hydrogen-bond donors (Lipinski definition) is 3. The lowest BCUT2D eigenvalue weighted by molar-refractivity contribution is -0.130. The van der Waals surface area contributed by atoms with Gasteiger partial charge in [-0.2, -0.15) is 0 Å². The highest BCUT2D eigenvalue weighted by atomic mass is 16.3. The summed E-state index contributed by atoms with van der Waals surface area (Å²) in [6.07, 6.45) is -0.591. The summed E-state index contributed by atoms with van der Waals surface area (Å²) in [6.45, 7) is 4.98. The summed E-state index contributed by atoms with van der Waals surface area (Å²) >= 11 is 0. The zero-order chi connectivity index (χ0) is 13.9. The fourth-order valence-electron chi connectivity index (χ4n) is 1.58. The van der Waals surface area contributed by atoms with E-state index in [0.717, 1.165) is 4.90 Å². The molecule has 0 bridgehead atoms. The first-order valence-corrected chi connectivity index (χ1v) is 5.83. The Hall–Kier alpha value is -1.63. The monoisotopic (exact) mass is 257 g/mol. The molecular weight excluding hydrogens is 238 g/mol. The molecule has 0 aromatic rings. The van der Waals surface area contributed by atoms with Crippen LogP contribution in [0.4, 0.5) is 4.79 Å². The average Bonchev–Trinajstić information content (AvgIpc) is 2.43. The summed E-state index contributed by atoms with van der Waals surface area (Å²) in [5, 5.41) is 14.0. The maximum atomic E-state index is 11.8. The smallest absolute Gasteiger partial charge is 0.325 e. The average molecular weight is 257 g/mol. The van der Waals surface area contributed by atoms with E-state index in [2.05, 4.69) is 10.6 Å². The predicted molar refractivity (Wildman–Crippen MR) is 63.6 cm³/mol. The Labute approximate surface area is 106 Å². The van der Waals surface area contributed by atoms with Crippen LogP contribution in [0, 0.1) is 0 Å². The van der Waals surface area contributed by atoms with Crippen molar-refractivity contribution in [1.82, 2.24) is 15.5 Å². The molecule has 1 rings (SSSR count). The first kappa shape index (κ1) is 14.4. The number of amides is 4. The number of hydrogen-bond acceptors (Lipinski definition) is 4. The number of aliphatic hydroxyl groups excluding tert-OH is 1. The zero-order valence-electron chi connectivity index (χ0n) is 10.8. The summed E-state index contributed by atoms with van der Waals surface area (Å²) in [6, 6.07) is -0.478. The SMILES string of the molecule is C[C@@H](O)CNC(=O)CCN1C(=O)NC(C)(C)C1=O. The van der Waals surface area contributed by atoms with E-state index in [-0.39, 0.29) is 31.3 Å². The molecule has 1 fully saturated rings. The van der Waals surface area contributed by atoms with Gasteiger partial charge in [-0.3, -0.25) is 14.5 Å². The molecule has 4 amide bonds. The van der Waals surface area contributed by atoms with Gasteiger partial charge < -0.3 is 15.7 Å². The highest BCUT2D eigenvalue weighted by Crippen LogP contribution is 2.16. The molecule has 1 saturated heterocycles. The number of urea groups is 1. The van der Waals surface area contributed by atoms with Crippen molar-refractivity contribution in [2.24, 2.45) is 0 Å². The zero-order valence-corrected chi connectivity index (χ0v) is 10.8. The summed E-state index contributed by atoms with van der Waals surface area (Å²) in [4.78, 5) is 35.7. The lowest BCUT2D eigenvalue weighted by Crippen LogP contribution is -2.41. The van der Waals surface area contributed by atoms with Crippen molar-refractivity contribution in [1.29, 1.82) is 0 Å². The highest BCUT2D eigenvalue weighted by Gasteiger charge is 2.43. The molecule has 0 radical (unpaired) electrons. The minimum Gasteiger partial charge on any atom is -0.392 e. The van der Waals surface area contributed by atoms with E-state index >= 15 is 0 Å². The number of carbonyl (C=O) groups excluding carboxylic acids is 3. The molecule has 3 N–H and O–H groups in total. The number of aliphatic hydroxyl groups is 1. The van der Waals surface area contributed by atoms with Crippen molar-refractivity contribution in [2.45, 2.75) is 38.8 Å². The fourth-order valence-corrected chi connectivity index (χ4v) is 1.58. The van der Waals surface area contributed by atoms with Gasteiger partial charge in [0.2, 0.25) is 5.91 Å². The molecule has 1 aliphatic rings. The van der Waals surface area contributed by atoms with Crippen LogP contribution in [-0.4, -0.2) is 52.6 Å². The van der Waals surface area contributed by atoms with Crippen LogP contribution in [0.5, 0.6) is 0 Å². The van der Waals surface area contributed by atoms with Gasteiger partial charge in [0.15, 0.2) is 0 Å². The second-order valence-electron chi connectivity index (χ2n) is 4.92. The minimum atomic E-state index is -0.910. The second kappa shape index (κ2) is 5.34. The number of imide groups is 1. The molecule has 1 aliphatic heterocycles. The molecule has 102 valence electrons. The van der Waals surface area contributed by atoms with E-state index in [1.807, 2.05) is 0 Å². The second-order valence-corrected chi connectivity index (χ2v) is 4.92. The van der Waals surface area contributed by atoms with E-state index in [0.29, 0.717) is 0 Å². The topological polar surface area (TPSA) is 98.7 Å². The van der Waals surface area contributed by atoms with Gasteiger partial charge in [-0.25, -0.2) is 4.79 Å². The highest BCUT2D eigenvalue weighted by molar-refractivity contribution is 6.06. The molecular formula is C11H19N3O4. The van der Waals surface area contributed by atoms with Crippen LogP contribution in [0.25, 0.3) is 0 Å². The number of nitrogens with zero attached hydrogens (tertiary/aromatic N) is 1. The van der Waals surface area contributed by atoms with E-state index in [1.165, 1.54) is 0 Å². The van der Waals surface area contributed by atoms with E-state index < -0.39 is 17.7 Å². The minimum absolute atomic E-state index is 0.0297. The molecule has 18 heavy (non-hydrogen) atoms.